The van der Waals surface area contributed by atoms with E-state index in [4.69, 9.17) is 0 Å². The second kappa shape index (κ2) is 3.18. The molecule has 1 unspecified atom stereocenters. The van der Waals surface area contributed by atoms with Gasteiger partial charge in [-0.25, -0.2) is 13.2 Å². The van der Waals surface area contributed by atoms with Gasteiger partial charge in [-0.15, -0.1) is 12.6 Å². The van der Waals surface area contributed by atoms with E-state index in [1.165, 1.54) is 0 Å². The summed E-state index contributed by atoms with van der Waals surface area (Å²) in [4.78, 5) is 0. The van der Waals surface area contributed by atoms with Crippen molar-refractivity contribution in [3.05, 3.63) is 0 Å². The van der Waals surface area contributed by atoms with Crippen molar-refractivity contribution >= 4 is 12.6 Å². The van der Waals surface area contributed by atoms with Gasteiger partial charge in [0.25, 0.3) is 6.43 Å². The fraction of sp³-hybridized carbons (Fsp3) is 1.00. The van der Waals surface area contributed by atoms with Crippen LogP contribution in [0.2, 0.25) is 0 Å². The molecule has 0 heterocycles. The quantitative estimate of drug-likeness (QED) is 0.551. The third-order valence-corrected chi connectivity index (χ3v) is 1.48. The van der Waals surface area contributed by atoms with Gasteiger partial charge in [-0.1, -0.05) is 0 Å². The standard InChI is InChI=1S/C4H2F8S/c5-1(6)2(7,3(8,9)10)4(11,12)13/h1,13H. The molecular formula is C4H2F8S. The summed E-state index contributed by atoms with van der Waals surface area (Å²) in [5.74, 6) is 0. The molecule has 0 bridgehead atoms. The molecule has 0 aromatic heterocycles. The van der Waals surface area contributed by atoms with E-state index >= 15 is 0 Å². The van der Waals surface area contributed by atoms with E-state index < -0.39 is 23.5 Å². The second-order valence-corrected chi connectivity index (χ2v) is 2.61. The molecule has 0 nitrogen and oxygen atoms in total. The summed E-state index contributed by atoms with van der Waals surface area (Å²) in [6.45, 7) is 0. The fourth-order valence-electron chi connectivity index (χ4n) is 0.426. The van der Waals surface area contributed by atoms with Gasteiger partial charge in [0.05, 0.1) is 0 Å². The van der Waals surface area contributed by atoms with Crippen LogP contribution < -0.4 is 0 Å². The van der Waals surface area contributed by atoms with Gasteiger partial charge in [0.15, 0.2) is 0 Å². The predicted octanol–water partition coefficient (Wildman–Crippen LogP) is 3.04. The minimum Gasteiger partial charge on any atom is -0.219 e. The van der Waals surface area contributed by atoms with Crippen LogP contribution in [0.25, 0.3) is 0 Å². The van der Waals surface area contributed by atoms with Crippen molar-refractivity contribution in [1.29, 1.82) is 0 Å². The van der Waals surface area contributed by atoms with Crippen molar-refractivity contribution in [3.8, 4) is 0 Å². The average Bonchev–Trinajstić information content (AvgIpc) is 1.80. The van der Waals surface area contributed by atoms with Gasteiger partial charge in [0, 0.05) is 0 Å². The average molecular weight is 234 g/mol. The number of rotatable bonds is 2. The van der Waals surface area contributed by atoms with E-state index in [-0.39, 0.29) is 0 Å². The van der Waals surface area contributed by atoms with Gasteiger partial charge in [-0.05, 0) is 0 Å². The number of thiol groups is 1. The van der Waals surface area contributed by atoms with E-state index in [2.05, 4.69) is 0 Å². The summed E-state index contributed by atoms with van der Waals surface area (Å²) in [6.07, 6.45) is -11.3. The maximum atomic E-state index is 12.2. The van der Waals surface area contributed by atoms with Gasteiger partial charge < -0.3 is 0 Å². The highest BCUT2D eigenvalue weighted by Crippen LogP contribution is 2.50. The summed E-state index contributed by atoms with van der Waals surface area (Å²) in [5, 5.41) is -5.49. The Balaban J connectivity index is 5.22. The van der Waals surface area contributed by atoms with Crippen molar-refractivity contribution in [1.82, 2.24) is 0 Å². The first-order valence-electron chi connectivity index (χ1n) is 2.58. The van der Waals surface area contributed by atoms with E-state index in [0.29, 0.717) is 0 Å². The number of alkyl halides is 8. The molecule has 0 aliphatic carbocycles. The van der Waals surface area contributed by atoms with Crippen molar-refractivity contribution < 1.29 is 35.1 Å². The van der Waals surface area contributed by atoms with Gasteiger partial charge in [0.2, 0.25) is 0 Å². The number of hydrogen-bond acceptors (Lipinski definition) is 1. The molecule has 0 amide bonds. The molecule has 0 rings (SSSR count). The van der Waals surface area contributed by atoms with Crippen molar-refractivity contribution in [3.63, 3.8) is 0 Å². The van der Waals surface area contributed by atoms with Crippen LogP contribution in [0.3, 0.4) is 0 Å². The van der Waals surface area contributed by atoms with Crippen LogP contribution in [0.15, 0.2) is 0 Å². The van der Waals surface area contributed by atoms with E-state index in [1.807, 2.05) is 12.6 Å². The van der Waals surface area contributed by atoms with Crippen molar-refractivity contribution in [2.45, 2.75) is 23.5 Å². The first-order chi connectivity index (χ1) is 5.44. The van der Waals surface area contributed by atoms with Gasteiger partial charge in [-0.2, -0.15) is 22.0 Å². The molecule has 0 radical (unpaired) electrons. The smallest absolute Gasteiger partial charge is 0.219 e. The molecule has 0 saturated carbocycles. The molecule has 0 spiro atoms. The van der Waals surface area contributed by atoms with Gasteiger partial charge >= 0.3 is 17.1 Å². The van der Waals surface area contributed by atoms with Gasteiger partial charge in [-0.3, -0.25) is 0 Å². The Morgan fingerprint density at radius 3 is 1.15 bits per heavy atom. The van der Waals surface area contributed by atoms with E-state index in [9.17, 15) is 35.1 Å². The SMILES string of the molecule is FC(F)C(F)(C(F)(F)F)C(F)(F)S. The highest BCUT2D eigenvalue weighted by atomic mass is 32.1. The molecule has 0 aromatic rings. The second-order valence-electron chi connectivity index (χ2n) is 2.05. The monoisotopic (exact) mass is 234 g/mol. The van der Waals surface area contributed by atoms with Crippen LogP contribution >= 0.6 is 12.6 Å². The normalized spacial score (nSPS) is 18.9. The molecule has 0 aliphatic rings. The topological polar surface area (TPSA) is 0 Å². The maximum Gasteiger partial charge on any atom is 0.435 e. The molecule has 0 saturated heterocycles. The van der Waals surface area contributed by atoms with Crippen LogP contribution in [-0.4, -0.2) is 23.5 Å². The van der Waals surface area contributed by atoms with Crippen LogP contribution in [0.1, 0.15) is 0 Å². The minimum atomic E-state index is -6.38. The molecule has 0 aliphatic heterocycles. The molecule has 1 atom stereocenters. The zero-order valence-electron chi connectivity index (χ0n) is 5.55. The Labute approximate surface area is 72.3 Å². The molecule has 80 valence electrons. The fourth-order valence-corrected chi connectivity index (χ4v) is 0.650. The molecule has 9 heteroatoms. The predicted molar refractivity (Wildman–Crippen MR) is 29.8 cm³/mol. The van der Waals surface area contributed by atoms with Gasteiger partial charge in [0.1, 0.15) is 0 Å². The number of hydrogen-bond donors (Lipinski definition) is 1. The van der Waals surface area contributed by atoms with Crippen molar-refractivity contribution in [2.24, 2.45) is 0 Å². The highest BCUT2D eigenvalue weighted by Gasteiger charge is 2.75. The van der Waals surface area contributed by atoms with Crippen LogP contribution in [0.4, 0.5) is 35.1 Å². The zero-order chi connectivity index (χ0) is 11.1. The Morgan fingerprint density at radius 1 is 0.846 bits per heavy atom. The first kappa shape index (κ1) is 12.8. The van der Waals surface area contributed by atoms with E-state index in [0.717, 1.165) is 0 Å². The van der Waals surface area contributed by atoms with Crippen LogP contribution in [-0.2, 0) is 0 Å². The third kappa shape index (κ3) is 2.00. The lowest BCUT2D eigenvalue weighted by molar-refractivity contribution is -0.312. The minimum absolute atomic E-state index is 1.86. The lowest BCUT2D eigenvalue weighted by Crippen LogP contribution is -2.57. The Bertz CT molecular complexity index is 164. The highest BCUT2D eigenvalue weighted by molar-refractivity contribution is 7.81. The summed E-state index contributed by atoms with van der Waals surface area (Å²) >= 11 is 1.86. The summed E-state index contributed by atoms with van der Waals surface area (Å²) < 4.78 is 93.1. The Morgan fingerprint density at radius 2 is 1.15 bits per heavy atom. The first-order valence-corrected chi connectivity index (χ1v) is 3.03. The number of halogens is 8. The lowest BCUT2D eigenvalue weighted by atomic mass is 10.1. The molecule has 0 N–H and O–H groups in total. The Kier molecular flexibility index (Phi) is 3.12. The van der Waals surface area contributed by atoms with Crippen LogP contribution in [0, 0.1) is 0 Å². The summed E-state index contributed by atoms with van der Waals surface area (Å²) in [5.41, 5.74) is -5.93. The van der Waals surface area contributed by atoms with Crippen LogP contribution in [0.5, 0.6) is 0 Å². The molecule has 0 fully saturated rings. The third-order valence-electron chi connectivity index (χ3n) is 1.15. The zero-order valence-corrected chi connectivity index (χ0v) is 6.44. The largest absolute Gasteiger partial charge is 0.435 e. The lowest BCUT2D eigenvalue weighted by Gasteiger charge is -2.30. The molecule has 0 aromatic carbocycles. The maximum absolute atomic E-state index is 12.2. The molecule has 13 heavy (non-hydrogen) atoms. The van der Waals surface area contributed by atoms with E-state index in [1.54, 1.807) is 0 Å². The van der Waals surface area contributed by atoms with Crippen molar-refractivity contribution in [2.75, 3.05) is 0 Å². The summed E-state index contributed by atoms with van der Waals surface area (Å²) in [7, 11) is 0. The summed E-state index contributed by atoms with van der Waals surface area (Å²) in [6, 6.07) is 0. The Hall–Kier alpha value is -0.210. The molecular weight excluding hydrogens is 232 g/mol.